The highest BCUT2D eigenvalue weighted by atomic mass is 16.6. The van der Waals surface area contributed by atoms with Crippen molar-refractivity contribution in [2.24, 2.45) is 5.41 Å². The van der Waals surface area contributed by atoms with Gasteiger partial charge in [0.2, 0.25) is 0 Å². The van der Waals surface area contributed by atoms with Gasteiger partial charge in [-0.3, -0.25) is 9.78 Å². The summed E-state index contributed by atoms with van der Waals surface area (Å²) in [5.74, 6) is 0.817. The Morgan fingerprint density at radius 3 is 2.56 bits per heavy atom. The summed E-state index contributed by atoms with van der Waals surface area (Å²) in [6, 6.07) is 5.55. The highest BCUT2D eigenvalue weighted by molar-refractivity contribution is 5.92. The number of carbonyl (C=O) groups excluding carboxylic acids is 2. The molecule has 1 spiro atoms. The maximum atomic E-state index is 13.4. The molecular weight excluding hydrogens is 406 g/mol. The average Bonchev–Trinajstić information content (AvgIpc) is 3.25. The SMILES string of the molecule is CCn1ccnc1CN(C(=O)c1ccccn1)[C@@H]1CC12CCN(C(=O)OC(C)(C)C)CC2. The van der Waals surface area contributed by atoms with Gasteiger partial charge in [-0.15, -0.1) is 0 Å². The highest BCUT2D eigenvalue weighted by Crippen LogP contribution is 2.57. The van der Waals surface area contributed by atoms with Gasteiger partial charge in [-0.25, -0.2) is 9.78 Å². The lowest BCUT2D eigenvalue weighted by Crippen LogP contribution is -2.44. The van der Waals surface area contributed by atoms with Crippen LogP contribution in [0.3, 0.4) is 0 Å². The summed E-state index contributed by atoms with van der Waals surface area (Å²) in [6.45, 7) is 10.3. The van der Waals surface area contributed by atoms with E-state index in [4.69, 9.17) is 4.74 Å². The summed E-state index contributed by atoms with van der Waals surface area (Å²) >= 11 is 0. The molecular formula is C24H33N5O3. The third-order valence-electron chi connectivity index (χ3n) is 6.53. The van der Waals surface area contributed by atoms with Crippen LogP contribution in [0.5, 0.6) is 0 Å². The number of hydrogen-bond acceptors (Lipinski definition) is 5. The van der Waals surface area contributed by atoms with Crippen LogP contribution in [0, 0.1) is 5.41 Å². The van der Waals surface area contributed by atoms with E-state index in [1.54, 1.807) is 23.4 Å². The molecule has 0 N–H and O–H groups in total. The topological polar surface area (TPSA) is 80.6 Å². The predicted molar refractivity (Wildman–Crippen MR) is 120 cm³/mol. The molecule has 2 fully saturated rings. The van der Waals surface area contributed by atoms with E-state index in [9.17, 15) is 9.59 Å². The lowest BCUT2D eigenvalue weighted by Gasteiger charge is -2.35. The van der Waals surface area contributed by atoms with Gasteiger partial charge in [0.05, 0.1) is 6.54 Å². The van der Waals surface area contributed by atoms with Crippen molar-refractivity contribution in [1.82, 2.24) is 24.3 Å². The molecule has 1 atom stereocenters. The fraction of sp³-hybridized carbons (Fsp3) is 0.583. The van der Waals surface area contributed by atoms with E-state index in [1.807, 2.05) is 44.0 Å². The minimum atomic E-state index is -0.499. The zero-order chi connectivity index (χ0) is 22.9. The first-order valence-electron chi connectivity index (χ1n) is 11.4. The summed E-state index contributed by atoms with van der Waals surface area (Å²) in [4.78, 5) is 38.4. The van der Waals surface area contributed by atoms with Crippen LogP contribution in [0.1, 0.15) is 63.3 Å². The molecule has 32 heavy (non-hydrogen) atoms. The van der Waals surface area contributed by atoms with Gasteiger partial charge in [0.25, 0.3) is 5.91 Å². The minimum Gasteiger partial charge on any atom is -0.444 e. The Balaban J connectivity index is 1.48. The number of piperidine rings is 1. The number of amides is 2. The number of hydrogen-bond donors (Lipinski definition) is 0. The Kier molecular flexibility index (Phi) is 5.97. The molecule has 2 aromatic heterocycles. The Morgan fingerprint density at radius 2 is 1.94 bits per heavy atom. The molecule has 1 aliphatic heterocycles. The molecule has 1 saturated carbocycles. The van der Waals surface area contributed by atoms with Gasteiger partial charge in [0.15, 0.2) is 0 Å². The standard InChI is InChI=1S/C24H33N5O3/c1-5-27-15-12-26-20(27)17-29(21(30)18-8-6-7-11-25-18)19-16-24(19)9-13-28(14-10-24)22(31)32-23(2,3)4/h6-8,11-12,15,19H,5,9-10,13-14,16-17H2,1-4H3/t19-/m1/s1. The summed E-state index contributed by atoms with van der Waals surface area (Å²) in [5, 5.41) is 0. The molecule has 0 unspecified atom stereocenters. The third-order valence-corrected chi connectivity index (χ3v) is 6.53. The normalized spacial score (nSPS) is 19.6. The Bertz CT molecular complexity index is 958. The van der Waals surface area contributed by atoms with Gasteiger partial charge in [-0.2, -0.15) is 0 Å². The van der Waals surface area contributed by atoms with Crippen molar-refractivity contribution in [3.63, 3.8) is 0 Å². The summed E-state index contributed by atoms with van der Waals surface area (Å²) in [7, 11) is 0. The third kappa shape index (κ3) is 4.64. The number of likely N-dealkylation sites (tertiary alicyclic amines) is 1. The van der Waals surface area contributed by atoms with E-state index in [0.717, 1.165) is 31.6 Å². The molecule has 1 aliphatic carbocycles. The number of aromatic nitrogens is 3. The number of aryl methyl sites for hydroxylation is 1. The van der Waals surface area contributed by atoms with Gasteiger partial charge < -0.3 is 19.1 Å². The van der Waals surface area contributed by atoms with Crippen molar-refractivity contribution >= 4 is 12.0 Å². The van der Waals surface area contributed by atoms with E-state index in [2.05, 4.69) is 21.5 Å². The zero-order valence-corrected chi connectivity index (χ0v) is 19.5. The van der Waals surface area contributed by atoms with E-state index in [0.29, 0.717) is 25.3 Å². The molecule has 0 radical (unpaired) electrons. The van der Waals surface area contributed by atoms with Gasteiger partial charge in [0.1, 0.15) is 17.1 Å². The summed E-state index contributed by atoms with van der Waals surface area (Å²) in [6.07, 6.45) is 7.80. The number of rotatable bonds is 5. The monoisotopic (exact) mass is 439 g/mol. The quantitative estimate of drug-likeness (QED) is 0.709. The van der Waals surface area contributed by atoms with Crippen LogP contribution in [0.4, 0.5) is 4.79 Å². The molecule has 8 nitrogen and oxygen atoms in total. The molecule has 172 valence electrons. The first kappa shape index (κ1) is 22.3. The Morgan fingerprint density at radius 1 is 1.19 bits per heavy atom. The van der Waals surface area contributed by atoms with Crippen LogP contribution in [0.2, 0.25) is 0 Å². The predicted octanol–water partition coefficient (Wildman–Crippen LogP) is 3.73. The smallest absolute Gasteiger partial charge is 0.410 e. The fourth-order valence-electron chi connectivity index (χ4n) is 4.66. The Labute approximate surface area is 189 Å². The average molecular weight is 440 g/mol. The van der Waals surface area contributed by atoms with Gasteiger partial charge in [0, 0.05) is 44.3 Å². The van der Waals surface area contributed by atoms with Crippen molar-refractivity contribution < 1.29 is 14.3 Å². The lowest BCUT2D eigenvalue weighted by atomic mass is 9.92. The Hall–Kier alpha value is -2.90. The molecule has 2 aliphatic rings. The number of pyridine rings is 1. The van der Waals surface area contributed by atoms with Crippen LogP contribution < -0.4 is 0 Å². The number of nitrogens with zero attached hydrogens (tertiary/aromatic N) is 5. The first-order valence-corrected chi connectivity index (χ1v) is 11.4. The molecule has 0 bridgehead atoms. The van der Waals surface area contributed by atoms with Crippen molar-refractivity contribution in [3.8, 4) is 0 Å². The molecule has 1 saturated heterocycles. The molecule has 2 amide bonds. The summed E-state index contributed by atoms with van der Waals surface area (Å²) < 4.78 is 7.60. The van der Waals surface area contributed by atoms with Crippen LogP contribution >= 0.6 is 0 Å². The molecule has 3 heterocycles. The van der Waals surface area contributed by atoms with Crippen LogP contribution in [-0.2, 0) is 17.8 Å². The fourth-order valence-corrected chi connectivity index (χ4v) is 4.66. The van der Waals surface area contributed by atoms with Gasteiger partial charge >= 0.3 is 6.09 Å². The maximum absolute atomic E-state index is 13.4. The van der Waals surface area contributed by atoms with E-state index in [1.165, 1.54) is 0 Å². The van der Waals surface area contributed by atoms with Crippen molar-refractivity contribution in [1.29, 1.82) is 0 Å². The number of carbonyl (C=O) groups is 2. The largest absolute Gasteiger partial charge is 0.444 e. The van der Waals surface area contributed by atoms with E-state index < -0.39 is 5.60 Å². The lowest BCUT2D eigenvalue weighted by molar-refractivity contribution is 0.0153. The van der Waals surface area contributed by atoms with Gasteiger partial charge in [-0.05, 0) is 64.5 Å². The van der Waals surface area contributed by atoms with Crippen LogP contribution in [0.15, 0.2) is 36.8 Å². The molecule has 2 aromatic rings. The van der Waals surface area contributed by atoms with Gasteiger partial charge in [-0.1, -0.05) is 6.07 Å². The molecule has 0 aromatic carbocycles. The van der Waals surface area contributed by atoms with Crippen LogP contribution in [-0.4, -0.2) is 61.1 Å². The zero-order valence-electron chi connectivity index (χ0n) is 19.5. The van der Waals surface area contributed by atoms with Crippen LogP contribution in [0.25, 0.3) is 0 Å². The number of ether oxygens (including phenoxy) is 1. The number of imidazole rings is 1. The molecule has 4 rings (SSSR count). The van der Waals surface area contributed by atoms with Crippen molar-refractivity contribution in [3.05, 3.63) is 48.3 Å². The van der Waals surface area contributed by atoms with E-state index >= 15 is 0 Å². The second kappa shape index (κ2) is 8.56. The second-order valence-electron chi connectivity index (χ2n) is 9.83. The summed E-state index contributed by atoms with van der Waals surface area (Å²) in [5.41, 5.74) is 0.00365. The van der Waals surface area contributed by atoms with E-state index in [-0.39, 0.29) is 23.5 Å². The second-order valence-corrected chi connectivity index (χ2v) is 9.83. The minimum absolute atomic E-state index is 0.0482. The molecule has 8 heteroatoms. The highest BCUT2D eigenvalue weighted by Gasteiger charge is 2.59. The first-order chi connectivity index (χ1) is 15.2. The van der Waals surface area contributed by atoms with Crippen molar-refractivity contribution in [2.45, 2.75) is 71.7 Å². The van der Waals surface area contributed by atoms with Crippen molar-refractivity contribution in [2.75, 3.05) is 13.1 Å². The maximum Gasteiger partial charge on any atom is 0.410 e.